The second-order valence-corrected chi connectivity index (χ2v) is 12.7. The quantitative estimate of drug-likeness (QED) is 0.154. The molecule has 0 fully saturated rings. The zero-order valence-corrected chi connectivity index (χ0v) is 28.9. The summed E-state index contributed by atoms with van der Waals surface area (Å²) in [4.78, 5) is 49.6. The lowest BCUT2D eigenvalue weighted by Gasteiger charge is -2.35. The van der Waals surface area contributed by atoms with Gasteiger partial charge in [-0.1, -0.05) is 97.1 Å². The van der Waals surface area contributed by atoms with Crippen molar-refractivity contribution in [3.05, 3.63) is 162 Å². The van der Waals surface area contributed by atoms with Crippen molar-refractivity contribution in [2.75, 3.05) is 20.6 Å². The van der Waals surface area contributed by atoms with Crippen LogP contribution in [0.2, 0.25) is 0 Å². The molecule has 3 unspecified atom stereocenters. The number of hydrogen-bond donors (Lipinski definition) is 2. The topological polar surface area (TPSA) is 109 Å². The normalized spacial score (nSPS) is 12.7. The van der Waals surface area contributed by atoms with Crippen LogP contribution in [-0.2, 0) is 28.9 Å². The lowest BCUT2D eigenvalue weighted by atomic mass is 9.97. The van der Waals surface area contributed by atoms with Crippen LogP contribution in [0.3, 0.4) is 0 Å². The molecule has 3 atom stereocenters. The van der Waals surface area contributed by atoms with Crippen molar-refractivity contribution in [3.63, 3.8) is 0 Å². The largest absolute Gasteiger partial charge is 0.354 e. The van der Waals surface area contributed by atoms with Crippen LogP contribution in [0.5, 0.6) is 0 Å². The molecule has 0 aliphatic heterocycles. The number of hydrogen-bond acceptors (Lipinski definition) is 5. The molecular weight excluding hydrogens is 622 g/mol. The maximum atomic E-state index is 14.6. The van der Waals surface area contributed by atoms with E-state index in [4.69, 9.17) is 5.73 Å². The number of benzene rings is 4. The lowest BCUT2D eigenvalue weighted by Crippen LogP contribution is -2.56. The van der Waals surface area contributed by atoms with Gasteiger partial charge in [-0.15, -0.1) is 0 Å². The van der Waals surface area contributed by atoms with Gasteiger partial charge in [-0.2, -0.15) is 0 Å². The second kappa shape index (κ2) is 17.2. The van der Waals surface area contributed by atoms with E-state index in [1.54, 1.807) is 44.7 Å². The Morgan fingerprint density at radius 1 is 0.680 bits per heavy atom. The van der Waals surface area contributed by atoms with Gasteiger partial charge in [0.15, 0.2) is 0 Å². The summed E-state index contributed by atoms with van der Waals surface area (Å²) < 4.78 is 0. The van der Waals surface area contributed by atoms with Gasteiger partial charge in [0.2, 0.25) is 11.8 Å². The van der Waals surface area contributed by atoms with E-state index in [2.05, 4.69) is 10.3 Å². The van der Waals surface area contributed by atoms with Gasteiger partial charge in [-0.05, 0) is 71.0 Å². The zero-order chi connectivity index (χ0) is 35.5. The number of aromatic nitrogens is 1. The van der Waals surface area contributed by atoms with E-state index >= 15 is 0 Å². The molecule has 5 rings (SSSR count). The number of carbonyl (C=O) groups excluding carboxylic acids is 3. The molecule has 3 amide bonds. The van der Waals surface area contributed by atoms with Crippen LogP contribution in [0.25, 0.3) is 11.1 Å². The van der Waals surface area contributed by atoms with Crippen LogP contribution in [-0.4, -0.2) is 65.2 Å². The Morgan fingerprint density at radius 3 is 1.94 bits per heavy atom. The Hall–Kier alpha value is -5.60. The highest BCUT2D eigenvalue weighted by Crippen LogP contribution is 2.23. The molecule has 0 aliphatic carbocycles. The summed E-state index contributed by atoms with van der Waals surface area (Å²) in [5.74, 6) is -0.897. The fraction of sp³-hybridized carbons (Fsp3) is 0.238. The maximum Gasteiger partial charge on any atom is 0.254 e. The predicted octanol–water partition coefficient (Wildman–Crippen LogP) is 5.88. The molecule has 1 heterocycles. The molecule has 8 nitrogen and oxygen atoms in total. The predicted molar refractivity (Wildman–Crippen MR) is 198 cm³/mol. The lowest BCUT2D eigenvalue weighted by molar-refractivity contribution is -0.142. The van der Waals surface area contributed by atoms with E-state index < -0.39 is 12.1 Å². The molecular formula is C42H45N5O3. The average Bonchev–Trinajstić information content (AvgIpc) is 3.16. The average molecular weight is 668 g/mol. The Morgan fingerprint density at radius 2 is 1.28 bits per heavy atom. The molecule has 8 heteroatoms. The second-order valence-electron chi connectivity index (χ2n) is 12.7. The number of carbonyl (C=O) groups is 3. The first-order valence-corrected chi connectivity index (χ1v) is 17.0. The summed E-state index contributed by atoms with van der Waals surface area (Å²) in [7, 11) is 3.30. The van der Waals surface area contributed by atoms with E-state index in [0.717, 1.165) is 33.4 Å². The van der Waals surface area contributed by atoms with Gasteiger partial charge in [0.05, 0.1) is 0 Å². The maximum absolute atomic E-state index is 14.6. The molecule has 0 saturated heterocycles. The first-order valence-electron chi connectivity index (χ1n) is 17.0. The number of amides is 3. The molecule has 0 aliphatic rings. The van der Waals surface area contributed by atoms with Crippen molar-refractivity contribution in [1.82, 2.24) is 20.1 Å². The van der Waals surface area contributed by atoms with Crippen LogP contribution < -0.4 is 11.1 Å². The third kappa shape index (κ3) is 9.30. The molecule has 0 spiro atoms. The van der Waals surface area contributed by atoms with Gasteiger partial charge >= 0.3 is 0 Å². The van der Waals surface area contributed by atoms with Crippen molar-refractivity contribution in [3.8, 4) is 11.1 Å². The first-order chi connectivity index (χ1) is 24.2. The molecule has 1 aromatic heterocycles. The molecule has 3 N–H and O–H groups in total. The van der Waals surface area contributed by atoms with Gasteiger partial charge in [-0.3, -0.25) is 19.4 Å². The number of pyridine rings is 1. The monoisotopic (exact) mass is 667 g/mol. The SMILES string of the molecule is CC(N)c1cccc(C(=O)N(C)C(Cc2ccc(-c3ccccc3)cc2)C(=O)N(C)C(Cc2ccccc2)C(=O)NCCc2ccncc2)c1. The molecule has 256 valence electrons. The van der Waals surface area contributed by atoms with Crippen molar-refractivity contribution >= 4 is 17.7 Å². The Kier molecular flexibility index (Phi) is 12.3. The highest BCUT2D eigenvalue weighted by Gasteiger charge is 2.35. The number of nitrogens with two attached hydrogens (primary N) is 1. The van der Waals surface area contributed by atoms with Gasteiger partial charge in [0.25, 0.3) is 5.91 Å². The molecule has 50 heavy (non-hydrogen) atoms. The Bertz CT molecular complexity index is 1850. The van der Waals surface area contributed by atoms with E-state index in [0.29, 0.717) is 24.9 Å². The molecule has 0 bridgehead atoms. The first kappa shape index (κ1) is 35.7. The Labute approximate surface area is 295 Å². The summed E-state index contributed by atoms with van der Waals surface area (Å²) in [6.07, 6.45) is 4.65. The molecule has 0 radical (unpaired) electrons. The van der Waals surface area contributed by atoms with E-state index in [9.17, 15) is 14.4 Å². The Balaban J connectivity index is 1.43. The van der Waals surface area contributed by atoms with Crippen LogP contribution in [0.15, 0.2) is 134 Å². The van der Waals surface area contributed by atoms with Gasteiger partial charge in [-0.25, -0.2) is 0 Å². The summed E-state index contributed by atoms with van der Waals surface area (Å²) in [6.45, 7) is 2.27. The standard InChI is InChI=1S/C42H45N5O3/c1-30(43)36-15-10-16-37(29-36)41(49)47(3)39(28-33-17-19-35(20-18-33)34-13-8-5-9-14-34)42(50)46(2)38(27-32-11-6-4-7-12-32)40(48)45-26-23-31-21-24-44-25-22-31/h4-22,24-25,29-30,38-39H,23,26-28,43H2,1-3H3,(H,45,48). The minimum atomic E-state index is -0.892. The summed E-state index contributed by atoms with van der Waals surface area (Å²) in [5.41, 5.74) is 12.4. The summed E-state index contributed by atoms with van der Waals surface area (Å²) in [5, 5.41) is 3.05. The number of rotatable bonds is 14. The summed E-state index contributed by atoms with van der Waals surface area (Å²) >= 11 is 0. The highest BCUT2D eigenvalue weighted by atomic mass is 16.2. The van der Waals surface area contributed by atoms with E-state index in [-0.39, 0.29) is 30.2 Å². The van der Waals surface area contributed by atoms with Gasteiger partial charge < -0.3 is 20.9 Å². The van der Waals surface area contributed by atoms with Crippen molar-refractivity contribution in [2.24, 2.45) is 5.73 Å². The number of nitrogens with one attached hydrogen (secondary N) is 1. The fourth-order valence-corrected chi connectivity index (χ4v) is 6.01. The molecule has 5 aromatic rings. The zero-order valence-electron chi connectivity index (χ0n) is 28.9. The van der Waals surface area contributed by atoms with Crippen LogP contribution in [0.4, 0.5) is 0 Å². The summed E-state index contributed by atoms with van der Waals surface area (Å²) in [6, 6.07) is 36.8. The minimum Gasteiger partial charge on any atom is -0.354 e. The molecule has 0 saturated carbocycles. The highest BCUT2D eigenvalue weighted by molar-refractivity contribution is 5.98. The van der Waals surface area contributed by atoms with Crippen molar-refractivity contribution in [1.29, 1.82) is 0 Å². The minimum absolute atomic E-state index is 0.254. The van der Waals surface area contributed by atoms with Gasteiger partial charge in [0, 0.05) is 57.5 Å². The molecule has 4 aromatic carbocycles. The van der Waals surface area contributed by atoms with Crippen molar-refractivity contribution in [2.45, 2.75) is 44.3 Å². The van der Waals surface area contributed by atoms with Crippen molar-refractivity contribution < 1.29 is 14.4 Å². The smallest absolute Gasteiger partial charge is 0.254 e. The third-order valence-electron chi connectivity index (χ3n) is 9.07. The number of nitrogens with zero attached hydrogens (tertiary/aromatic N) is 3. The number of likely N-dealkylation sites (N-methyl/N-ethyl adjacent to an activating group) is 2. The van der Waals surface area contributed by atoms with E-state index in [1.165, 1.54) is 9.80 Å². The third-order valence-corrected chi connectivity index (χ3v) is 9.07. The fourth-order valence-electron chi connectivity index (χ4n) is 6.01. The van der Waals surface area contributed by atoms with Crippen LogP contribution in [0, 0.1) is 0 Å². The van der Waals surface area contributed by atoms with Crippen LogP contribution >= 0.6 is 0 Å². The van der Waals surface area contributed by atoms with Gasteiger partial charge in [0.1, 0.15) is 12.1 Å². The van der Waals surface area contributed by atoms with E-state index in [1.807, 2.05) is 110 Å². The van der Waals surface area contributed by atoms with Crippen LogP contribution in [0.1, 0.15) is 45.6 Å².